The van der Waals surface area contributed by atoms with Gasteiger partial charge in [-0.3, -0.25) is 9.78 Å². The van der Waals surface area contributed by atoms with Crippen LogP contribution in [0, 0.1) is 0 Å². The number of aliphatic hydroxyl groups excluding tert-OH is 1. The fourth-order valence-electron chi connectivity index (χ4n) is 6.25. The third-order valence-corrected chi connectivity index (χ3v) is 10.2. The van der Waals surface area contributed by atoms with Crippen molar-refractivity contribution in [3.63, 3.8) is 0 Å². The second kappa shape index (κ2) is 15.9. The summed E-state index contributed by atoms with van der Waals surface area (Å²) in [4.78, 5) is 21.7. The number of rotatable bonds is 11. The SMILES string of the molecule is O=C(NCc1cccc(-c2ccc([C@H]3O[C@@H](CSc4nnnn4-c4ccc(O)cc4)C[C@@H](c4ccc(CO)cc4)O3)cc2)c1)c1cnc2ccccc2n1. The van der Waals surface area contributed by atoms with E-state index in [1.54, 1.807) is 28.9 Å². The summed E-state index contributed by atoms with van der Waals surface area (Å²) in [6.45, 7) is 0.307. The summed E-state index contributed by atoms with van der Waals surface area (Å²) in [5.74, 6) is 0.445. The van der Waals surface area contributed by atoms with E-state index in [-0.39, 0.29) is 36.2 Å². The summed E-state index contributed by atoms with van der Waals surface area (Å²) in [5, 5.41) is 35.1. The predicted octanol–water partition coefficient (Wildman–Crippen LogP) is 6.74. The fraction of sp³-hybridized carbons (Fsp3) is 0.171. The molecule has 1 saturated heterocycles. The number of ether oxygens (including phenoxy) is 2. The van der Waals surface area contributed by atoms with Gasteiger partial charge in [0.2, 0.25) is 5.16 Å². The van der Waals surface area contributed by atoms with E-state index >= 15 is 0 Å². The first-order chi connectivity index (χ1) is 26.5. The first kappa shape index (κ1) is 35.1. The van der Waals surface area contributed by atoms with Gasteiger partial charge in [-0.05, 0) is 80.7 Å². The summed E-state index contributed by atoms with van der Waals surface area (Å²) < 4.78 is 14.8. The highest BCUT2D eigenvalue weighted by molar-refractivity contribution is 7.99. The van der Waals surface area contributed by atoms with E-state index in [4.69, 9.17) is 9.47 Å². The molecule has 1 aliphatic heterocycles. The minimum atomic E-state index is -0.631. The largest absolute Gasteiger partial charge is 0.508 e. The van der Waals surface area contributed by atoms with Gasteiger partial charge in [0.1, 0.15) is 11.4 Å². The maximum absolute atomic E-state index is 12.9. The van der Waals surface area contributed by atoms with Crippen LogP contribution in [0.2, 0.25) is 0 Å². The molecular formula is C41H35N7O5S. The molecule has 0 unspecified atom stereocenters. The Labute approximate surface area is 314 Å². The molecule has 3 heterocycles. The zero-order chi connectivity index (χ0) is 36.9. The average molecular weight is 738 g/mol. The maximum Gasteiger partial charge on any atom is 0.271 e. The van der Waals surface area contributed by atoms with Crippen molar-refractivity contribution in [2.24, 2.45) is 0 Å². The Hall–Kier alpha value is -5.99. The van der Waals surface area contributed by atoms with E-state index in [2.05, 4.69) is 36.9 Å². The Morgan fingerprint density at radius 3 is 2.41 bits per heavy atom. The molecule has 0 saturated carbocycles. The lowest BCUT2D eigenvalue weighted by atomic mass is 9.99. The highest BCUT2D eigenvalue weighted by atomic mass is 32.2. The number of carbonyl (C=O) groups excluding carboxylic acids is 1. The Kier molecular flexibility index (Phi) is 10.4. The summed E-state index contributed by atoms with van der Waals surface area (Å²) >= 11 is 1.48. The van der Waals surface area contributed by atoms with Gasteiger partial charge in [0, 0.05) is 24.3 Å². The number of hydrogen-bond donors (Lipinski definition) is 3. The van der Waals surface area contributed by atoms with E-state index in [1.807, 2.05) is 91.0 Å². The molecule has 1 aliphatic rings. The van der Waals surface area contributed by atoms with E-state index in [1.165, 1.54) is 18.0 Å². The zero-order valence-corrected chi connectivity index (χ0v) is 29.7. The number of nitrogens with zero attached hydrogens (tertiary/aromatic N) is 6. The number of nitrogens with one attached hydrogen (secondary N) is 1. The number of aliphatic hydroxyl groups is 1. The standard InChI is InChI=1S/C41H35N7O5S/c49-24-26-8-10-29(11-9-26)38-21-34(25-54-41-45-46-47-48(41)32-16-18-33(50)19-17-32)52-40(53-38)30-14-12-28(13-15-30)31-5-3-4-27(20-31)22-43-39(51)37-23-42-35-6-1-2-7-36(35)44-37/h1-20,23,34,38,40,49-50H,21-22,24-25H2,(H,43,51)/t34-,38+,40+/m1/s1. The van der Waals surface area contributed by atoms with Crippen LogP contribution in [-0.4, -0.2) is 58.2 Å². The number of benzene rings is 5. The average Bonchev–Trinajstić information content (AvgIpc) is 3.71. The van der Waals surface area contributed by atoms with Gasteiger partial charge >= 0.3 is 0 Å². The molecule has 3 atom stereocenters. The van der Waals surface area contributed by atoms with E-state index in [0.29, 0.717) is 29.4 Å². The number of aromatic nitrogens is 6. The Morgan fingerprint density at radius 2 is 1.61 bits per heavy atom. The molecule has 0 spiro atoms. The Balaban J connectivity index is 0.961. The van der Waals surface area contributed by atoms with Crippen molar-refractivity contribution in [3.05, 3.63) is 155 Å². The lowest BCUT2D eigenvalue weighted by Gasteiger charge is -2.36. The number of thioether (sulfide) groups is 1. The first-order valence-electron chi connectivity index (χ1n) is 17.4. The number of carbonyl (C=O) groups is 1. The molecule has 3 N–H and O–H groups in total. The maximum atomic E-state index is 12.9. The summed E-state index contributed by atoms with van der Waals surface area (Å²) in [5.41, 5.74) is 8.08. The second-order valence-electron chi connectivity index (χ2n) is 12.8. The van der Waals surface area contributed by atoms with Crippen LogP contribution in [0.5, 0.6) is 5.75 Å². The third-order valence-electron chi connectivity index (χ3n) is 9.13. The van der Waals surface area contributed by atoms with Crippen LogP contribution in [0.3, 0.4) is 0 Å². The molecule has 0 radical (unpaired) electrons. The molecule has 2 aromatic heterocycles. The van der Waals surface area contributed by atoms with Crippen LogP contribution in [0.1, 0.15) is 51.6 Å². The zero-order valence-electron chi connectivity index (χ0n) is 28.9. The Bertz CT molecular complexity index is 2370. The third kappa shape index (κ3) is 7.99. The number of aromatic hydroxyl groups is 1. The van der Waals surface area contributed by atoms with Crippen LogP contribution in [0.4, 0.5) is 0 Å². The van der Waals surface area contributed by atoms with Gasteiger partial charge in [-0.25, -0.2) is 4.98 Å². The van der Waals surface area contributed by atoms with Crippen molar-refractivity contribution in [2.45, 2.75) is 43.2 Å². The minimum absolute atomic E-state index is 0.0308. The highest BCUT2D eigenvalue weighted by Gasteiger charge is 2.33. The molecule has 0 aliphatic carbocycles. The Morgan fingerprint density at radius 1 is 0.833 bits per heavy atom. The first-order valence-corrected chi connectivity index (χ1v) is 18.4. The minimum Gasteiger partial charge on any atom is -0.508 e. The quantitative estimate of drug-likeness (QED) is 0.121. The number of tetrazole rings is 1. The van der Waals surface area contributed by atoms with Gasteiger partial charge in [-0.2, -0.15) is 4.68 Å². The summed E-state index contributed by atoms with van der Waals surface area (Å²) in [6.07, 6.45) is 1.03. The molecular weight excluding hydrogens is 703 g/mol. The van der Waals surface area contributed by atoms with Crippen LogP contribution in [0.15, 0.2) is 133 Å². The van der Waals surface area contributed by atoms with Gasteiger partial charge in [-0.15, -0.1) is 5.10 Å². The molecule has 0 bridgehead atoms. The summed E-state index contributed by atoms with van der Waals surface area (Å²) in [7, 11) is 0. The molecule has 270 valence electrons. The van der Waals surface area contributed by atoms with Crippen molar-refractivity contribution >= 4 is 28.7 Å². The van der Waals surface area contributed by atoms with E-state index < -0.39 is 6.29 Å². The molecule has 54 heavy (non-hydrogen) atoms. The fourth-order valence-corrected chi connectivity index (χ4v) is 7.16. The second-order valence-corrected chi connectivity index (χ2v) is 13.8. The monoisotopic (exact) mass is 737 g/mol. The van der Waals surface area contributed by atoms with Gasteiger partial charge in [-0.1, -0.05) is 90.6 Å². The number of hydrogen-bond acceptors (Lipinski definition) is 11. The summed E-state index contributed by atoms with van der Waals surface area (Å²) in [6, 6.07) is 38.1. The van der Waals surface area contributed by atoms with E-state index in [9.17, 15) is 15.0 Å². The normalized spacial score (nSPS) is 17.0. The number of amides is 1. The molecule has 8 rings (SSSR count). The van der Waals surface area contributed by atoms with Gasteiger partial charge in [0.05, 0.1) is 41.7 Å². The lowest BCUT2D eigenvalue weighted by molar-refractivity contribution is -0.245. The topological polar surface area (TPSA) is 157 Å². The van der Waals surface area contributed by atoms with Crippen LogP contribution in [-0.2, 0) is 22.6 Å². The van der Waals surface area contributed by atoms with Crippen molar-refractivity contribution in [3.8, 4) is 22.6 Å². The van der Waals surface area contributed by atoms with E-state index in [0.717, 1.165) is 44.6 Å². The molecule has 1 amide bonds. The van der Waals surface area contributed by atoms with Gasteiger partial charge in [0.25, 0.3) is 5.91 Å². The highest BCUT2D eigenvalue weighted by Crippen LogP contribution is 2.40. The smallest absolute Gasteiger partial charge is 0.271 e. The lowest BCUT2D eigenvalue weighted by Crippen LogP contribution is -2.31. The van der Waals surface area contributed by atoms with Crippen molar-refractivity contribution in [1.29, 1.82) is 0 Å². The predicted molar refractivity (Wildman–Crippen MR) is 203 cm³/mol. The number of phenolic OH excluding ortho intramolecular Hbond substituents is 1. The van der Waals surface area contributed by atoms with Gasteiger partial charge in [0.15, 0.2) is 6.29 Å². The number of para-hydroxylation sites is 2. The number of fused-ring (bicyclic) bond motifs is 1. The van der Waals surface area contributed by atoms with Crippen LogP contribution < -0.4 is 5.32 Å². The van der Waals surface area contributed by atoms with Crippen LogP contribution in [0.25, 0.3) is 27.8 Å². The molecule has 5 aromatic carbocycles. The van der Waals surface area contributed by atoms with Crippen molar-refractivity contribution in [2.75, 3.05) is 5.75 Å². The van der Waals surface area contributed by atoms with Gasteiger partial charge < -0.3 is 25.0 Å². The van der Waals surface area contributed by atoms with Crippen molar-refractivity contribution in [1.82, 2.24) is 35.5 Å². The molecule has 12 nitrogen and oxygen atoms in total. The van der Waals surface area contributed by atoms with Crippen LogP contribution >= 0.6 is 11.8 Å². The van der Waals surface area contributed by atoms with Crippen molar-refractivity contribution < 1.29 is 24.5 Å². The molecule has 1 fully saturated rings. The number of phenols is 1. The molecule has 13 heteroatoms. The molecule has 7 aromatic rings.